The van der Waals surface area contributed by atoms with Crippen molar-refractivity contribution in [3.63, 3.8) is 0 Å². The van der Waals surface area contributed by atoms with Crippen molar-refractivity contribution in [3.8, 4) is 5.75 Å². The molecule has 0 radical (unpaired) electrons. The third kappa shape index (κ3) is 20.8. The standard InChI is InChI=1S/C48H76N10O17/c1-2-3-4-5-6-7-8-9-10-11-12-28(61)18-15-27-20-35(64)36(65)22-51-43(70)32(24-59)53-45(72)34-21-30(63)23-58(34)48(75)33(25-60)54-44(71)31(19-26-13-16-29(62)17-14-26)52-46(73)37(39(66)41(49)68)55-47(74)38(57-56-27)40(67)42(50)69/h13-14,16-17,27-28,30-34,37-40,56-57,59-63,66-67H,2-12,15,18-25H2,1H3,(H2,49,68)(H2,50,69)(H,51,70)(H,52,73)(H,53,72)(H,54,71)(H,55,74)/t27?,28?,30-,31+,32+,33+,34+,37+,38+,39?,40?/m1/s1. The van der Waals surface area contributed by atoms with E-state index in [0.717, 1.165) is 43.4 Å². The molecule has 18 N–H and O–H groups in total. The molecule has 2 fully saturated rings. The van der Waals surface area contributed by atoms with Crippen LogP contribution in [-0.2, 0) is 54.4 Å². The van der Waals surface area contributed by atoms with Crippen molar-refractivity contribution in [2.24, 2.45) is 11.5 Å². The van der Waals surface area contributed by atoms with E-state index in [1.54, 1.807) is 0 Å². The number of rotatable bonds is 22. The number of carbonyl (C=O) groups is 10. The molecule has 1 aromatic rings. The van der Waals surface area contributed by atoms with Crippen molar-refractivity contribution in [2.75, 3.05) is 26.3 Å². The summed E-state index contributed by atoms with van der Waals surface area (Å²) in [5.41, 5.74) is 15.8. The van der Waals surface area contributed by atoms with Gasteiger partial charge < -0.3 is 78.7 Å². The number of Topliss-reactive ketones (excluding diaryl/α,β-unsaturated/α-hetero) is 2. The van der Waals surface area contributed by atoms with E-state index in [0.29, 0.717) is 12.8 Å². The maximum Gasteiger partial charge on any atom is 0.248 e. The van der Waals surface area contributed by atoms with Gasteiger partial charge in [0.25, 0.3) is 0 Å². The SMILES string of the molecule is CCCCCCCCCCCCC(O)CCC1CC(=O)C(=O)CNC(=O)[C@H](CO)NC(=O)[C@@H]2C[C@@H](O)CN2C(=O)[C@H](CO)NC(=O)[C@H](Cc2ccc(O)cc2)NC(=O)[C@H](C(O)C(N)=O)NC(=O)[C@H](C(O)C(N)=O)NN1. The molecule has 0 spiro atoms. The van der Waals surface area contributed by atoms with E-state index in [4.69, 9.17) is 11.5 Å². The van der Waals surface area contributed by atoms with Gasteiger partial charge in [0, 0.05) is 31.8 Å². The number of nitrogens with zero attached hydrogens (tertiary/aromatic N) is 1. The molecule has 2 aliphatic rings. The van der Waals surface area contributed by atoms with E-state index in [-0.39, 0.29) is 24.2 Å². The Balaban J connectivity index is 2.02. The number of unbranched alkanes of at least 4 members (excludes halogenated alkanes) is 9. The lowest BCUT2D eigenvalue weighted by Gasteiger charge is -2.30. The van der Waals surface area contributed by atoms with Crippen molar-refractivity contribution in [2.45, 2.75) is 176 Å². The molecule has 1 aromatic carbocycles. The fourth-order valence-electron chi connectivity index (χ4n) is 8.48. The number of benzene rings is 1. The Morgan fingerprint density at radius 3 is 1.79 bits per heavy atom. The van der Waals surface area contributed by atoms with E-state index in [9.17, 15) is 83.7 Å². The molecule has 0 aliphatic carbocycles. The number of nitrogens with two attached hydrogens (primary N) is 2. The Morgan fingerprint density at radius 2 is 1.20 bits per heavy atom. The number of hydrogen-bond donors (Lipinski definition) is 16. The van der Waals surface area contributed by atoms with Crippen molar-refractivity contribution in [1.82, 2.24) is 42.3 Å². The van der Waals surface area contributed by atoms with Crippen LogP contribution in [0, 0.1) is 0 Å². The van der Waals surface area contributed by atoms with Gasteiger partial charge in [-0.15, -0.1) is 0 Å². The first kappa shape index (κ1) is 63.1. The predicted molar refractivity (Wildman–Crippen MR) is 263 cm³/mol. The Morgan fingerprint density at radius 1 is 0.653 bits per heavy atom. The number of primary amides is 2. The molecule has 0 aromatic heterocycles. The summed E-state index contributed by atoms with van der Waals surface area (Å²) in [6.07, 6.45) is 1.83. The number of aliphatic hydroxyl groups is 6. The zero-order valence-corrected chi connectivity index (χ0v) is 42.1. The van der Waals surface area contributed by atoms with E-state index in [1.807, 2.05) is 5.32 Å². The summed E-state index contributed by atoms with van der Waals surface area (Å²) in [5, 5.41) is 84.3. The predicted octanol–water partition coefficient (Wildman–Crippen LogP) is -5.55. The van der Waals surface area contributed by atoms with Crippen LogP contribution in [0.2, 0.25) is 0 Å². The van der Waals surface area contributed by atoms with Crippen LogP contribution in [0.1, 0.15) is 109 Å². The highest BCUT2D eigenvalue weighted by molar-refractivity contribution is 6.38. The average Bonchev–Trinajstić information content (AvgIpc) is 3.78. The van der Waals surface area contributed by atoms with Gasteiger partial charge in [0.05, 0.1) is 32.0 Å². The minimum Gasteiger partial charge on any atom is -0.508 e. The number of nitrogens with one attached hydrogen (secondary N) is 7. The molecule has 2 aliphatic heterocycles. The molecule has 4 unspecified atom stereocenters. The third-order valence-corrected chi connectivity index (χ3v) is 12.9. The summed E-state index contributed by atoms with van der Waals surface area (Å²) in [6.45, 7) is -1.56. The molecule has 0 saturated carbocycles. The van der Waals surface area contributed by atoms with Gasteiger partial charge in [0.2, 0.25) is 58.8 Å². The van der Waals surface area contributed by atoms with Gasteiger partial charge in [0.1, 0.15) is 42.0 Å². The van der Waals surface area contributed by atoms with Crippen LogP contribution in [0.15, 0.2) is 24.3 Å². The fraction of sp³-hybridized carbons (Fsp3) is 0.667. The third-order valence-electron chi connectivity index (χ3n) is 12.9. The molecule has 3 rings (SSSR count). The maximum absolute atomic E-state index is 14.1. The second-order valence-electron chi connectivity index (χ2n) is 18.9. The number of phenols is 1. The first-order valence-electron chi connectivity index (χ1n) is 25.3. The Labute approximate surface area is 433 Å². The smallest absolute Gasteiger partial charge is 0.248 e. The highest BCUT2D eigenvalue weighted by Crippen LogP contribution is 2.21. The average molecular weight is 1070 g/mol. The molecule has 11 atom stereocenters. The van der Waals surface area contributed by atoms with Gasteiger partial charge in [-0.25, -0.2) is 5.43 Å². The molecule has 420 valence electrons. The minimum atomic E-state index is -2.59. The first-order chi connectivity index (χ1) is 35.6. The van der Waals surface area contributed by atoms with Gasteiger partial charge in [-0.2, -0.15) is 0 Å². The molecule has 2 heterocycles. The van der Waals surface area contributed by atoms with Crippen LogP contribution in [0.5, 0.6) is 5.75 Å². The monoisotopic (exact) mass is 1060 g/mol. The van der Waals surface area contributed by atoms with E-state index < -0.39 is 171 Å². The van der Waals surface area contributed by atoms with Crippen LogP contribution in [-0.4, -0.2) is 192 Å². The largest absolute Gasteiger partial charge is 0.508 e. The molecule has 27 heteroatoms. The summed E-state index contributed by atoms with van der Waals surface area (Å²) in [6, 6.07) is -7.89. The van der Waals surface area contributed by atoms with Crippen LogP contribution < -0.4 is 48.9 Å². The Kier molecular flexibility index (Phi) is 27.2. The number of aliphatic hydroxyl groups excluding tert-OH is 6. The lowest BCUT2D eigenvalue weighted by molar-refractivity contribution is -0.144. The zero-order chi connectivity index (χ0) is 55.8. The quantitative estimate of drug-likeness (QED) is 0.0380. The van der Waals surface area contributed by atoms with Gasteiger partial charge in [-0.05, 0) is 37.0 Å². The number of aromatic hydroxyl groups is 1. The molecular formula is C48H76N10O17. The number of carbonyl (C=O) groups excluding carboxylic acids is 10. The summed E-state index contributed by atoms with van der Waals surface area (Å²) >= 11 is 0. The van der Waals surface area contributed by atoms with Crippen molar-refractivity contribution >= 4 is 58.8 Å². The van der Waals surface area contributed by atoms with Crippen molar-refractivity contribution in [1.29, 1.82) is 0 Å². The van der Waals surface area contributed by atoms with Gasteiger partial charge >= 0.3 is 0 Å². The second-order valence-corrected chi connectivity index (χ2v) is 18.9. The molecule has 2 saturated heterocycles. The number of fused-ring (bicyclic) bond motifs is 1. The number of hydrazine groups is 1. The number of amides is 8. The lowest BCUT2D eigenvalue weighted by Crippen LogP contribution is -2.66. The van der Waals surface area contributed by atoms with E-state index in [2.05, 4.69) is 39.0 Å². The summed E-state index contributed by atoms with van der Waals surface area (Å²) in [5.74, 6) is -13.4. The first-order valence-corrected chi connectivity index (χ1v) is 25.3. The van der Waals surface area contributed by atoms with Gasteiger partial charge in [-0.1, -0.05) is 83.3 Å². The van der Waals surface area contributed by atoms with Gasteiger partial charge in [0.15, 0.2) is 12.2 Å². The second kappa shape index (κ2) is 32.3. The summed E-state index contributed by atoms with van der Waals surface area (Å²) < 4.78 is 0. The maximum atomic E-state index is 14.1. The molecule has 27 nitrogen and oxygen atoms in total. The number of hydrogen-bond acceptors (Lipinski definition) is 19. The summed E-state index contributed by atoms with van der Waals surface area (Å²) in [4.78, 5) is 135. The normalized spacial score (nSPS) is 25.6. The summed E-state index contributed by atoms with van der Waals surface area (Å²) in [7, 11) is 0. The minimum absolute atomic E-state index is 0.00807. The topological polar surface area (TPSA) is 452 Å². The highest BCUT2D eigenvalue weighted by Gasteiger charge is 2.44. The number of ketones is 2. The van der Waals surface area contributed by atoms with Crippen LogP contribution in [0.4, 0.5) is 0 Å². The van der Waals surface area contributed by atoms with Crippen molar-refractivity contribution in [3.05, 3.63) is 29.8 Å². The molecular weight excluding hydrogens is 989 g/mol. The Hall–Kier alpha value is -6.20. The fourth-order valence-corrected chi connectivity index (χ4v) is 8.48. The zero-order valence-electron chi connectivity index (χ0n) is 42.1. The number of phenolic OH excluding ortho intramolecular Hbond substituents is 1. The van der Waals surface area contributed by atoms with Crippen molar-refractivity contribution < 1.29 is 83.7 Å². The Bertz CT molecular complexity index is 2100. The van der Waals surface area contributed by atoms with Crippen LogP contribution >= 0.6 is 0 Å². The molecule has 8 amide bonds. The highest BCUT2D eigenvalue weighted by atomic mass is 16.3. The lowest BCUT2D eigenvalue weighted by atomic mass is 9.98. The van der Waals surface area contributed by atoms with E-state index >= 15 is 0 Å². The molecule has 0 bridgehead atoms. The van der Waals surface area contributed by atoms with Gasteiger partial charge in [-0.3, -0.25) is 53.4 Å². The molecule has 75 heavy (non-hydrogen) atoms. The van der Waals surface area contributed by atoms with E-state index in [1.165, 1.54) is 43.5 Å². The van der Waals surface area contributed by atoms with Crippen LogP contribution in [0.3, 0.4) is 0 Å². The van der Waals surface area contributed by atoms with Crippen LogP contribution in [0.25, 0.3) is 0 Å².